The van der Waals surface area contributed by atoms with Crippen LogP contribution in [0.3, 0.4) is 0 Å². The van der Waals surface area contributed by atoms with Gasteiger partial charge in [0.25, 0.3) is 0 Å². The summed E-state index contributed by atoms with van der Waals surface area (Å²) in [4.78, 5) is 13.7. The number of para-hydroxylation sites is 1. The van der Waals surface area contributed by atoms with Gasteiger partial charge in [-0.3, -0.25) is 0 Å². The molecule has 0 aliphatic carbocycles. The van der Waals surface area contributed by atoms with E-state index >= 15 is 0 Å². The highest BCUT2D eigenvalue weighted by atomic mass is 16.6. The Hall–Kier alpha value is -2.03. The van der Waals surface area contributed by atoms with Crippen molar-refractivity contribution in [2.75, 3.05) is 4.90 Å². The van der Waals surface area contributed by atoms with Crippen LogP contribution in [-0.4, -0.2) is 12.2 Å². The summed E-state index contributed by atoms with van der Waals surface area (Å²) >= 11 is 0. The molecule has 0 spiro atoms. The maximum atomic E-state index is 11.7. The van der Waals surface area contributed by atoms with Gasteiger partial charge < -0.3 is 9.64 Å². The number of rotatable bonds is 3. The van der Waals surface area contributed by atoms with Crippen molar-refractivity contribution in [2.45, 2.75) is 39.3 Å². The average molecular weight is 271 g/mol. The lowest BCUT2D eigenvalue weighted by molar-refractivity contribution is -0.143. The third-order valence-electron chi connectivity index (χ3n) is 3.84. The van der Waals surface area contributed by atoms with Crippen LogP contribution in [0.1, 0.15) is 33.3 Å². The molecule has 0 amide bonds. The molecule has 0 bridgehead atoms. The van der Waals surface area contributed by atoms with E-state index in [2.05, 4.69) is 33.1 Å². The van der Waals surface area contributed by atoms with Crippen molar-refractivity contribution in [3.8, 4) is 0 Å². The van der Waals surface area contributed by atoms with Crippen molar-refractivity contribution in [1.29, 1.82) is 0 Å². The zero-order valence-corrected chi connectivity index (χ0v) is 12.6. The first-order valence-electron chi connectivity index (χ1n) is 6.71. The number of hydrogen-bond acceptors (Lipinski definition) is 3. The summed E-state index contributed by atoms with van der Waals surface area (Å²) in [6.45, 7) is 15.5. The highest BCUT2D eigenvalue weighted by Gasteiger charge is 2.41. The van der Waals surface area contributed by atoms with Crippen LogP contribution in [0.15, 0.2) is 48.7 Å². The predicted octanol–water partition coefficient (Wildman–Crippen LogP) is 3.76. The number of carbonyl (C=O) groups is 1. The fraction of sp³-hybridized carbons (Fsp3) is 0.353. The fourth-order valence-electron chi connectivity index (χ4n) is 2.54. The average Bonchev–Trinajstić information content (AvgIpc) is 2.58. The quantitative estimate of drug-likeness (QED) is 0.619. The molecule has 106 valence electrons. The van der Waals surface area contributed by atoms with Crippen molar-refractivity contribution in [2.24, 2.45) is 0 Å². The Kier molecular flexibility index (Phi) is 3.46. The molecule has 1 aromatic carbocycles. The summed E-state index contributed by atoms with van der Waals surface area (Å²) in [5.41, 5.74) is 3.41. The first kappa shape index (κ1) is 14.4. The summed E-state index contributed by atoms with van der Waals surface area (Å²) in [5, 5.41) is 0. The monoisotopic (exact) mass is 271 g/mol. The van der Waals surface area contributed by atoms with Crippen molar-refractivity contribution in [3.63, 3.8) is 0 Å². The molecule has 2 rings (SSSR count). The third-order valence-corrected chi connectivity index (χ3v) is 3.84. The predicted molar refractivity (Wildman–Crippen MR) is 81.5 cm³/mol. The van der Waals surface area contributed by atoms with Gasteiger partial charge in [-0.25, -0.2) is 4.79 Å². The van der Waals surface area contributed by atoms with E-state index in [9.17, 15) is 4.79 Å². The minimum Gasteiger partial charge on any atom is -0.438 e. The molecule has 1 heterocycles. The third kappa shape index (κ3) is 2.13. The lowest BCUT2D eigenvalue weighted by Crippen LogP contribution is -2.36. The molecule has 3 heteroatoms. The van der Waals surface area contributed by atoms with Crippen LogP contribution in [0.5, 0.6) is 0 Å². The Balaban J connectivity index is 2.36. The van der Waals surface area contributed by atoms with Gasteiger partial charge in [-0.2, -0.15) is 0 Å². The van der Waals surface area contributed by atoms with Gasteiger partial charge in [-0.15, -0.1) is 0 Å². The van der Waals surface area contributed by atoms with Crippen LogP contribution in [0.2, 0.25) is 0 Å². The number of ether oxygens (including phenoxy) is 1. The molecule has 0 aromatic heterocycles. The first-order valence-corrected chi connectivity index (χ1v) is 6.71. The van der Waals surface area contributed by atoms with Crippen molar-refractivity contribution in [1.82, 2.24) is 0 Å². The standard InChI is InChI=1S/C17H21NO2/c1-11(2)16(19)20-13(4)18-12(3)17(5,6)14-9-7-8-10-15(14)18/h7-10,13H,1,3H2,2,4-6H3. The van der Waals surface area contributed by atoms with Gasteiger partial charge >= 0.3 is 5.97 Å². The second-order valence-electron chi connectivity index (χ2n) is 5.74. The minimum atomic E-state index is -0.408. The summed E-state index contributed by atoms with van der Waals surface area (Å²) < 4.78 is 5.44. The number of benzene rings is 1. The first-order chi connectivity index (χ1) is 9.26. The van der Waals surface area contributed by atoms with Crippen molar-refractivity contribution >= 4 is 11.7 Å². The molecule has 0 fully saturated rings. The van der Waals surface area contributed by atoms with Gasteiger partial charge in [0.15, 0.2) is 6.23 Å². The number of anilines is 1. The summed E-state index contributed by atoms with van der Waals surface area (Å²) in [6, 6.07) is 8.11. The summed E-state index contributed by atoms with van der Waals surface area (Å²) in [5.74, 6) is -0.382. The van der Waals surface area contributed by atoms with Gasteiger partial charge in [0, 0.05) is 22.4 Å². The molecule has 0 saturated carbocycles. The van der Waals surface area contributed by atoms with Gasteiger partial charge in [0.1, 0.15) is 0 Å². The maximum Gasteiger partial charge on any atom is 0.335 e. The highest BCUT2D eigenvalue weighted by molar-refractivity contribution is 5.87. The van der Waals surface area contributed by atoms with Crippen LogP contribution in [0.25, 0.3) is 0 Å². The molecule has 1 atom stereocenters. The smallest absolute Gasteiger partial charge is 0.335 e. The second-order valence-corrected chi connectivity index (χ2v) is 5.74. The van der Waals surface area contributed by atoms with Crippen LogP contribution in [0, 0.1) is 0 Å². The molecule has 0 saturated heterocycles. The van der Waals surface area contributed by atoms with E-state index in [0.29, 0.717) is 5.57 Å². The van der Waals surface area contributed by atoms with Crippen LogP contribution < -0.4 is 4.90 Å². The van der Waals surface area contributed by atoms with Crippen LogP contribution in [-0.2, 0) is 14.9 Å². The number of hydrogen-bond donors (Lipinski definition) is 0. The molecule has 3 nitrogen and oxygen atoms in total. The Labute approximate surface area is 120 Å². The number of carbonyl (C=O) groups excluding carboxylic acids is 1. The van der Waals surface area contributed by atoms with Gasteiger partial charge in [-0.05, 0) is 25.5 Å². The topological polar surface area (TPSA) is 29.5 Å². The molecule has 0 N–H and O–H groups in total. The largest absolute Gasteiger partial charge is 0.438 e. The van der Waals surface area contributed by atoms with Crippen LogP contribution >= 0.6 is 0 Å². The van der Waals surface area contributed by atoms with E-state index < -0.39 is 6.23 Å². The molecule has 1 aliphatic rings. The number of allylic oxidation sites excluding steroid dienone is 1. The maximum absolute atomic E-state index is 11.7. The van der Waals surface area contributed by atoms with E-state index in [4.69, 9.17) is 4.74 Å². The van der Waals surface area contributed by atoms with Crippen molar-refractivity contribution < 1.29 is 9.53 Å². The van der Waals surface area contributed by atoms with Gasteiger partial charge in [-0.1, -0.05) is 45.2 Å². The number of esters is 1. The molecule has 20 heavy (non-hydrogen) atoms. The van der Waals surface area contributed by atoms with E-state index in [1.54, 1.807) is 6.92 Å². The number of fused-ring (bicyclic) bond motifs is 1. The molecule has 1 unspecified atom stereocenters. The number of nitrogens with zero attached hydrogens (tertiary/aromatic N) is 1. The van der Waals surface area contributed by atoms with E-state index in [-0.39, 0.29) is 11.4 Å². The molecular weight excluding hydrogens is 250 g/mol. The van der Waals surface area contributed by atoms with Crippen LogP contribution in [0.4, 0.5) is 5.69 Å². The zero-order valence-electron chi connectivity index (χ0n) is 12.6. The van der Waals surface area contributed by atoms with Gasteiger partial charge in [0.2, 0.25) is 0 Å². The Bertz CT molecular complexity index is 586. The van der Waals surface area contributed by atoms with E-state index in [1.807, 2.05) is 30.0 Å². The van der Waals surface area contributed by atoms with Gasteiger partial charge in [0.05, 0.1) is 0 Å². The molecular formula is C17H21NO2. The second kappa shape index (κ2) is 4.82. The highest BCUT2D eigenvalue weighted by Crippen LogP contribution is 2.47. The molecule has 1 aliphatic heterocycles. The Morgan fingerprint density at radius 3 is 2.55 bits per heavy atom. The van der Waals surface area contributed by atoms with Crippen molar-refractivity contribution in [3.05, 3.63) is 54.3 Å². The lowest BCUT2D eigenvalue weighted by atomic mass is 9.84. The molecule has 1 aromatic rings. The fourth-order valence-corrected chi connectivity index (χ4v) is 2.54. The minimum absolute atomic E-state index is 0.166. The zero-order chi connectivity index (χ0) is 15.1. The summed E-state index contributed by atoms with van der Waals surface area (Å²) in [6.07, 6.45) is -0.408. The van der Waals surface area contributed by atoms with E-state index in [0.717, 1.165) is 11.4 Å². The lowest BCUT2D eigenvalue weighted by Gasteiger charge is -2.30. The van der Waals surface area contributed by atoms with E-state index in [1.165, 1.54) is 5.56 Å². The molecule has 0 radical (unpaired) electrons. The Morgan fingerprint density at radius 2 is 1.95 bits per heavy atom. The normalized spacial score (nSPS) is 17.6. The Morgan fingerprint density at radius 1 is 1.35 bits per heavy atom. The summed E-state index contributed by atoms with van der Waals surface area (Å²) in [7, 11) is 0. The SMILES string of the molecule is C=C(C)C(=O)OC(C)N1C(=C)C(C)(C)c2ccccc21.